The maximum absolute atomic E-state index is 12.8. The van der Waals surface area contributed by atoms with Crippen molar-refractivity contribution in [3.63, 3.8) is 0 Å². The topological polar surface area (TPSA) is 80.8 Å². The zero-order chi connectivity index (χ0) is 19.8. The second-order valence-electron chi connectivity index (χ2n) is 6.79. The minimum atomic E-state index is -0.739. The molecule has 0 bridgehead atoms. The second kappa shape index (κ2) is 7.20. The summed E-state index contributed by atoms with van der Waals surface area (Å²) in [5.74, 6) is -1.75. The number of esters is 1. The standard InChI is InChI=1S/C21H16ClNO5/c22-13-6-8-14(9-7-13)23-19(25)15-10-5-12(11-16(15)20(23)26)21(27)28-18-4-2-1-3-17(18)24/h5-11,18H,1-4H2/t18-/m1/s1. The van der Waals surface area contributed by atoms with Crippen LogP contribution in [0.1, 0.15) is 56.8 Å². The fourth-order valence-corrected chi connectivity index (χ4v) is 3.59. The number of halogens is 1. The van der Waals surface area contributed by atoms with Gasteiger partial charge in [0.15, 0.2) is 11.9 Å². The van der Waals surface area contributed by atoms with E-state index in [2.05, 4.69) is 0 Å². The van der Waals surface area contributed by atoms with E-state index in [-0.39, 0.29) is 22.5 Å². The SMILES string of the molecule is O=C(O[C@@H]1CCCCC1=O)c1ccc2c(c1)C(=O)N(c1ccc(Cl)cc1)C2=O. The minimum absolute atomic E-state index is 0.0825. The average Bonchev–Trinajstić information content (AvgIpc) is 2.94. The number of Topliss-reactive ketones (excluding diaryl/α,β-unsaturated/α-hetero) is 1. The zero-order valence-electron chi connectivity index (χ0n) is 14.8. The molecule has 0 saturated heterocycles. The van der Waals surface area contributed by atoms with Gasteiger partial charge in [0.1, 0.15) is 0 Å². The van der Waals surface area contributed by atoms with Crippen molar-refractivity contribution in [2.45, 2.75) is 31.8 Å². The highest BCUT2D eigenvalue weighted by Crippen LogP contribution is 2.30. The van der Waals surface area contributed by atoms with Gasteiger partial charge in [0.25, 0.3) is 11.8 Å². The molecule has 6 nitrogen and oxygen atoms in total. The molecule has 0 aromatic heterocycles. The Bertz CT molecular complexity index is 998. The number of anilines is 1. The molecule has 1 fully saturated rings. The van der Waals surface area contributed by atoms with E-state index in [0.717, 1.165) is 17.7 Å². The predicted octanol–water partition coefficient (Wildman–Crippen LogP) is 3.81. The molecule has 2 amide bonds. The van der Waals surface area contributed by atoms with E-state index in [1.165, 1.54) is 18.2 Å². The molecular weight excluding hydrogens is 382 g/mol. The summed E-state index contributed by atoms with van der Waals surface area (Å²) >= 11 is 5.86. The summed E-state index contributed by atoms with van der Waals surface area (Å²) in [5.41, 5.74) is 0.873. The number of benzene rings is 2. The molecule has 28 heavy (non-hydrogen) atoms. The Kier molecular flexibility index (Phi) is 4.73. The summed E-state index contributed by atoms with van der Waals surface area (Å²) in [7, 11) is 0. The van der Waals surface area contributed by atoms with Crippen LogP contribution in [0.3, 0.4) is 0 Å². The Morgan fingerprint density at radius 1 is 0.964 bits per heavy atom. The number of fused-ring (bicyclic) bond motifs is 1. The number of nitrogens with zero attached hydrogens (tertiary/aromatic N) is 1. The van der Waals surface area contributed by atoms with Crippen molar-refractivity contribution in [1.82, 2.24) is 0 Å². The van der Waals surface area contributed by atoms with E-state index in [0.29, 0.717) is 23.6 Å². The van der Waals surface area contributed by atoms with E-state index >= 15 is 0 Å². The van der Waals surface area contributed by atoms with E-state index in [1.807, 2.05) is 0 Å². The maximum atomic E-state index is 12.8. The first-order valence-electron chi connectivity index (χ1n) is 8.98. The van der Waals surface area contributed by atoms with Crippen LogP contribution in [-0.4, -0.2) is 29.7 Å². The van der Waals surface area contributed by atoms with Gasteiger partial charge in [-0.2, -0.15) is 0 Å². The molecule has 4 rings (SSSR count). The zero-order valence-corrected chi connectivity index (χ0v) is 15.6. The van der Waals surface area contributed by atoms with Gasteiger partial charge in [-0.15, -0.1) is 0 Å². The fraction of sp³-hybridized carbons (Fsp3) is 0.238. The maximum Gasteiger partial charge on any atom is 0.338 e. The number of hydrogen-bond acceptors (Lipinski definition) is 5. The Morgan fingerprint density at radius 3 is 2.39 bits per heavy atom. The molecule has 1 heterocycles. The summed E-state index contributed by atoms with van der Waals surface area (Å²) < 4.78 is 5.32. The number of ketones is 1. The van der Waals surface area contributed by atoms with Gasteiger partial charge in [-0.3, -0.25) is 14.4 Å². The van der Waals surface area contributed by atoms with Gasteiger partial charge in [-0.05, 0) is 61.7 Å². The van der Waals surface area contributed by atoms with Crippen LogP contribution in [0.2, 0.25) is 5.02 Å². The van der Waals surface area contributed by atoms with Crippen LogP contribution in [0.25, 0.3) is 0 Å². The van der Waals surface area contributed by atoms with Crippen molar-refractivity contribution in [3.05, 3.63) is 64.2 Å². The monoisotopic (exact) mass is 397 g/mol. The van der Waals surface area contributed by atoms with Gasteiger partial charge in [0.05, 0.1) is 22.4 Å². The van der Waals surface area contributed by atoms with Crippen LogP contribution in [0, 0.1) is 0 Å². The van der Waals surface area contributed by atoms with E-state index < -0.39 is 23.9 Å². The van der Waals surface area contributed by atoms with Gasteiger partial charge in [-0.1, -0.05) is 11.6 Å². The van der Waals surface area contributed by atoms with Gasteiger partial charge in [0, 0.05) is 11.4 Å². The van der Waals surface area contributed by atoms with Crippen LogP contribution in [0.5, 0.6) is 0 Å². The number of ether oxygens (including phenoxy) is 1. The molecular formula is C21H16ClNO5. The number of carbonyl (C=O) groups is 4. The lowest BCUT2D eigenvalue weighted by Gasteiger charge is -2.20. The third-order valence-corrected chi connectivity index (χ3v) is 5.21. The first-order chi connectivity index (χ1) is 13.5. The molecule has 1 atom stereocenters. The van der Waals surface area contributed by atoms with Crippen LogP contribution in [-0.2, 0) is 9.53 Å². The van der Waals surface area contributed by atoms with Crippen molar-refractivity contribution in [1.29, 1.82) is 0 Å². The summed E-state index contributed by atoms with van der Waals surface area (Å²) in [6, 6.07) is 10.5. The first kappa shape index (κ1) is 18.4. The van der Waals surface area contributed by atoms with Crippen molar-refractivity contribution in [2.24, 2.45) is 0 Å². The van der Waals surface area contributed by atoms with Gasteiger partial charge in [0.2, 0.25) is 0 Å². The molecule has 0 radical (unpaired) electrons. The molecule has 2 aromatic carbocycles. The molecule has 142 valence electrons. The second-order valence-corrected chi connectivity index (χ2v) is 7.22. The number of rotatable bonds is 3. The Balaban J connectivity index is 1.59. The van der Waals surface area contributed by atoms with Gasteiger partial charge >= 0.3 is 5.97 Å². The average molecular weight is 398 g/mol. The number of carbonyl (C=O) groups excluding carboxylic acids is 4. The minimum Gasteiger partial charge on any atom is -0.451 e. The fourth-order valence-electron chi connectivity index (χ4n) is 3.47. The van der Waals surface area contributed by atoms with Crippen LogP contribution in [0.15, 0.2) is 42.5 Å². The molecule has 1 saturated carbocycles. The first-order valence-corrected chi connectivity index (χ1v) is 9.35. The molecule has 0 N–H and O–H groups in total. The molecule has 1 aliphatic carbocycles. The van der Waals surface area contributed by atoms with Gasteiger partial charge in [-0.25, -0.2) is 9.69 Å². The van der Waals surface area contributed by atoms with Crippen LogP contribution in [0.4, 0.5) is 5.69 Å². The largest absolute Gasteiger partial charge is 0.451 e. The predicted molar refractivity (Wildman–Crippen MR) is 102 cm³/mol. The highest BCUT2D eigenvalue weighted by atomic mass is 35.5. The lowest BCUT2D eigenvalue weighted by atomic mass is 9.96. The van der Waals surface area contributed by atoms with Crippen LogP contribution >= 0.6 is 11.6 Å². The lowest BCUT2D eigenvalue weighted by Crippen LogP contribution is -2.30. The lowest BCUT2D eigenvalue weighted by molar-refractivity contribution is -0.129. The summed E-state index contributed by atoms with van der Waals surface area (Å²) in [6.45, 7) is 0. The molecule has 2 aromatic rings. The Hall–Kier alpha value is -2.99. The number of hydrogen-bond donors (Lipinski definition) is 0. The summed E-state index contributed by atoms with van der Waals surface area (Å²) in [5, 5.41) is 0.489. The molecule has 7 heteroatoms. The molecule has 1 aliphatic heterocycles. The van der Waals surface area contributed by atoms with Crippen molar-refractivity contribution < 1.29 is 23.9 Å². The molecule has 0 unspecified atom stereocenters. The highest BCUT2D eigenvalue weighted by Gasteiger charge is 2.37. The third kappa shape index (κ3) is 3.20. The Labute approximate surface area is 166 Å². The number of amides is 2. The van der Waals surface area contributed by atoms with E-state index in [9.17, 15) is 19.2 Å². The smallest absolute Gasteiger partial charge is 0.338 e. The number of imide groups is 1. The van der Waals surface area contributed by atoms with Gasteiger partial charge < -0.3 is 4.74 Å². The summed E-state index contributed by atoms with van der Waals surface area (Å²) in [6.07, 6.45) is 1.82. The summed E-state index contributed by atoms with van der Waals surface area (Å²) in [4.78, 5) is 50.8. The molecule has 2 aliphatic rings. The quantitative estimate of drug-likeness (QED) is 0.581. The van der Waals surface area contributed by atoms with Crippen LogP contribution < -0.4 is 4.90 Å². The van der Waals surface area contributed by atoms with E-state index in [4.69, 9.17) is 16.3 Å². The van der Waals surface area contributed by atoms with Crippen molar-refractivity contribution >= 4 is 40.9 Å². The normalized spacial score (nSPS) is 19.0. The van der Waals surface area contributed by atoms with Crippen molar-refractivity contribution in [2.75, 3.05) is 4.90 Å². The van der Waals surface area contributed by atoms with Crippen molar-refractivity contribution in [3.8, 4) is 0 Å². The molecule has 0 spiro atoms. The third-order valence-electron chi connectivity index (χ3n) is 4.95. The van der Waals surface area contributed by atoms with E-state index in [1.54, 1.807) is 24.3 Å². The highest BCUT2D eigenvalue weighted by molar-refractivity contribution is 6.35. The Morgan fingerprint density at radius 2 is 1.68 bits per heavy atom.